The topological polar surface area (TPSA) is 104 Å². The first-order valence-corrected chi connectivity index (χ1v) is 7.07. The SMILES string of the molecule is Cc1nnc(NC(=O)NC(CC(=O)O)CC(C)(C)C)s1. The van der Waals surface area contributed by atoms with Crippen molar-refractivity contribution in [3.05, 3.63) is 5.01 Å². The van der Waals surface area contributed by atoms with Crippen LogP contribution in [0.1, 0.15) is 38.6 Å². The first-order chi connectivity index (χ1) is 9.15. The number of carbonyl (C=O) groups is 2. The maximum Gasteiger partial charge on any atom is 0.321 e. The van der Waals surface area contributed by atoms with E-state index >= 15 is 0 Å². The zero-order valence-electron chi connectivity index (χ0n) is 12.1. The molecule has 0 saturated carbocycles. The molecular formula is C12H20N4O3S. The number of aromatic nitrogens is 2. The van der Waals surface area contributed by atoms with Gasteiger partial charge in [-0.15, -0.1) is 10.2 Å². The molecule has 0 radical (unpaired) electrons. The van der Waals surface area contributed by atoms with Gasteiger partial charge in [-0.1, -0.05) is 32.1 Å². The quantitative estimate of drug-likeness (QED) is 0.773. The standard InChI is InChI=1S/C12H20N4O3S/c1-7-15-16-11(20-7)14-10(19)13-8(5-9(17)18)6-12(2,3)4/h8H,5-6H2,1-4H3,(H,17,18)(H2,13,14,16,19). The van der Waals surface area contributed by atoms with E-state index in [0.717, 1.165) is 5.01 Å². The fraction of sp³-hybridized carbons (Fsp3) is 0.667. The third-order valence-electron chi connectivity index (χ3n) is 2.36. The van der Waals surface area contributed by atoms with Gasteiger partial charge in [0.05, 0.1) is 6.42 Å². The second-order valence-electron chi connectivity index (χ2n) is 5.78. The van der Waals surface area contributed by atoms with E-state index < -0.39 is 18.0 Å². The molecule has 3 N–H and O–H groups in total. The van der Waals surface area contributed by atoms with Crippen LogP contribution in [-0.4, -0.2) is 33.3 Å². The summed E-state index contributed by atoms with van der Waals surface area (Å²) < 4.78 is 0. The van der Waals surface area contributed by atoms with E-state index in [-0.39, 0.29) is 11.8 Å². The molecule has 1 atom stereocenters. The highest BCUT2D eigenvalue weighted by atomic mass is 32.1. The van der Waals surface area contributed by atoms with Crippen LogP contribution < -0.4 is 10.6 Å². The number of nitrogens with zero attached hydrogens (tertiary/aromatic N) is 2. The molecule has 112 valence electrons. The smallest absolute Gasteiger partial charge is 0.321 e. The summed E-state index contributed by atoms with van der Waals surface area (Å²) in [7, 11) is 0. The van der Waals surface area contributed by atoms with E-state index in [1.807, 2.05) is 20.8 Å². The van der Waals surface area contributed by atoms with Gasteiger partial charge in [-0.2, -0.15) is 0 Å². The fourth-order valence-corrected chi connectivity index (χ4v) is 2.38. The van der Waals surface area contributed by atoms with Crippen LogP contribution in [0.15, 0.2) is 0 Å². The molecule has 0 aliphatic heterocycles. The summed E-state index contributed by atoms with van der Waals surface area (Å²) in [5, 5.41) is 22.8. The van der Waals surface area contributed by atoms with Crippen molar-refractivity contribution in [2.45, 2.75) is 46.6 Å². The van der Waals surface area contributed by atoms with Gasteiger partial charge in [-0.25, -0.2) is 4.79 Å². The monoisotopic (exact) mass is 300 g/mol. The first-order valence-electron chi connectivity index (χ1n) is 6.25. The number of carbonyl (C=O) groups excluding carboxylic acids is 1. The van der Waals surface area contributed by atoms with E-state index in [1.165, 1.54) is 11.3 Å². The number of aryl methyl sites for hydroxylation is 1. The van der Waals surface area contributed by atoms with Crippen LogP contribution in [0.4, 0.5) is 9.93 Å². The van der Waals surface area contributed by atoms with E-state index in [2.05, 4.69) is 20.8 Å². The van der Waals surface area contributed by atoms with Gasteiger partial charge >= 0.3 is 12.0 Å². The zero-order chi connectivity index (χ0) is 15.3. The summed E-state index contributed by atoms with van der Waals surface area (Å²) in [4.78, 5) is 22.7. The van der Waals surface area contributed by atoms with Gasteiger partial charge < -0.3 is 10.4 Å². The Morgan fingerprint density at radius 3 is 2.45 bits per heavy atom. The van der Waals surface area contributed by atoms with Crippen molar-refractivity contribution in [3.8, 4) is 0 Å². The summed E-state index contributed by atoms with van der Waals surface area (Å²) >= 11 is 1.26. The van der Waals surface area contributed by atoms with Crippen LogP contribution in [0.5, 0.6) is 0 Å². The van der Waals surface area contributed by atoms with Gasteiger partial charge in [0.2, 0.25) is 5.13 Å². The number of amides is 2. The lowest BCUT2D eigenvalue weighted by molar-refractivity contribution is -0.137. The second kappa shape index (κ2) is 6.65. The maximum absolute atomic E-state index is 11.8. The Morgan fingerprint density at radius 2 is 2.00 bits per heavy atom. The molecule has 1 aromatic heterocycles. The molecule has 0 aliphatic rings. The lowest BCUT2D eigenvalue weighted by atomic mass is 9.87. The van der Waals surface area contributed by atoms with Crippen molar-refractivity contribution in [2.75, 3.05) is 5.32 Å². The predicted octanol–water partition coefficient (Wildman–Crippen LogP) is 2.25. The molecule has 0 bridgehead atoms. The van der Waals surface area contributed by atoms with Crippen LogP contribution in [0, 0.1) is 12.3 Å². The first kappa shape index (κ1) is 16.4. The molecular weight excluding hydrogens is 280 g/mol. The Morgan fingerprint density at radius 1 is 1.35 bits per heavy atom. The summed E-state index contributed by atoms with van der Waals surface area (Å²) in [5.41, 5.74) is -0.0767. The average molecular weight is 300 g/mol. The van der Waals surface area contributed by atoms with Gasteiger partial charge in [-0.05, 0) is 18.8 Å². The molecule has 1 rings (SSSR count). The Hall–Kier alpha value is -1.70. The van der Waals surface area contributed by atoms with Crippen LogP contribution >= 0.6 is 11.3 Å². The Balaban J connectivity index is 2.59. The highest BCUT2D eigenvalue weighted by molar-refractivity contribution is 7.15. The van der Waals surface area contributed by atoms with Gasteiger partial charge in [0.1, 0.15) is 5.01 Å². The predicted molar refractivity (Wildman–Crippen MR) is 76.9 cm³/mol. The minimum absolute atomic E-state index is 0.0767. The molecule has 2 amide bonds. The molecule has 0 aromatic carbocycles. The third kappa shape index (κ3) is 6.46. The minimum Gasteiger partial charge on any atom is -0.481 e. The van der Waals surface area contributed by atoms with Crippen molar-refractivity contribution < 1.29 is 14.7 Å². The molecule has 0 spiro atoms. The summed E-state index contributed by atoms with van der Waals surface area (Å²) in [5.74, 6) is -0.939. The van der Waals surface area contributed by atoms with Crippen molar-refractivity contribution in [2.24, 2.45) is 5.41 Å². The number of hydrogen-bond acceptors (Lipinski definition) is 5. The number of carboxylic acid groups (broad SMARTS) is 1. The zero-order valence-corrected chi connectivity index (χ0v) is 12.9. The van der Waals surface area contributed by atoms with Crippen LogP contribution in [0.3, 0.4) is 0 Å². The molecule has 8 heteroatoms. The lowest BCUT2D eigenvalue weighted by Gasteiger charge is -2.25. The van der Waals surface area contributed by atoms with Crippen molar-refractivity contribution in [1.82, 2.24) is 15.5 Å². The largest absolute Gasteiger partial charge is 0.481 e. The van der Waals surface area contributed by atoms with Gasteiger partial charge in [0, 0.05) is 6.04 Å². The van der Waals surface area contributed by atoms with Crippen LogP contribution in [0.25, 0.3) is 0 Å². The number of anilines is 1. The maximum atomic E-state index is 11.8. The van der Waals surface area contributed by atoms with Crippen molar-refractivity contribution in [3.63, 3.8) is 0 Å². The van der Waals surface area contributed by atoms with Gasteiger partial charge in [0.25, 0.3) is 0 Å². The number of hydrogen-bond donors (Lipinski definition) is 3. The normalized spacial score (nSPS) is 12.8. The van der Waals surface area contributed by atoms with Crippen LogP contribution in [0.2, 0.25) is 0 Å². The third-order valence-corrected chi connectivity index (χ3v) is 3.12. The van der Waals surface area contributed by atoms with E-state index in [4.69, 9.17) is 5.11 Å². The molecule has 1 heterocycles. The Bertz CT molecular complexity index is 481. The highest BCUT2D eigenvalue weighted by Crippen LogP contribution is 2.22. The molecule has 0 fully saturated rings. The minimum atomic E-state index is -0.939. The number of carboxylic acids is 1. The molecule has 20 heavy (non-hydrogen) atoms. The summed E-state index contributed by atoms with van der Waals surface area (Å²) in [6, 6.07) is -0.891. The van der Waals surface area contributed by atoms with Gasteiger partial charge in [0.15, 0.2) is 0 Å². The average Bonchev–Trinajstić information content (AvgIpc) is 2.59. The summed E-state index contributed by atoms with van der Waals surface area (Å²) in [6.45, 7) is 7.77. The number of aliphatic carboxylic acids is 1. The number of nitrogens with one attached hydrogen (secondary N) is 2. The molecule has 1 unspecified atom stereocenters. The van der Waals surface area contributed by atoms with Crippen molar-refractivity contribution >= 4 is 28.5 Å². The number of urea groups is 1. The van der Waals surface area contributed by atoms with E-state index in [9.17, 15) is 9.59 Å². The van der Waals surface area contributed by atoms with E-state index in [1.54, 1.807) is 6.92 Å². The lowest BCUT2D eigenvalue weighted by Crippen LogP contribution is -2.41. The van der Waals surface area contributed by atoms with Crippen molar-refractivity contribution in [1.29, 1.82) is 0 Å². The Kier molecular flexibility index (Phi) is 5.43. The fourth-order valence-electron chi connectivity index (χ4n) is 1.79. The molecule has 0 saturated heterocycles. The number of rotatable bonds is 5. The molecule has 0 aliphatic carbocycles. The van der Waals surface area contributed by atoms with E-state index in [0.29, 0.717) is 11.6 Å². The second-order valence-corrected chi connectivity index (χ2v) is 6.97. The van der Waals surface area contributed by atoms with Gasteiger partial charge in [-0.3, -0.25) is 10.1 Å². The highest BCUT2D eigenvalue weighted by Gasteiger charge is 2.23. The Labute approximate surface area is 121 Å². The van der Waals surface area contributed by atoms with Crippen LogP contribution in [-0.2, 0) is 4.79 Å². The molecule has 1 aromatic rings. The summed E-state index contributed by atoms with van der Waals surface area (Å²) in [6.07, 6.45) is 0.460. The molecule has 7 nitrogen and oxygen atoms in total.